The highest BCUT2D eigenvalue weighted by molar-refractivity contribution is 7.32. The van der Waals surface area contributed by atoms with Crippen molar-refractivity contribution >= 4 is 8.25 Å². The van der Waals surface area contributed by atoms with Crippen LogP contribution >= 0.6 is 8.25 Å². The van der Waals surface area contributed by atoms with Gasteiger partial charge in [-0.25, -0.2) is 0 Å². The van der Waals surface area contributed by atoms with E-state index in [0.717, 1.165) is 19.4 Å². The molecule has 1 atom stereocenters. The third-order valence-electron chi connectivity index (χ3n) is 1.44. The lowest BCUT2D eigenvalue weighted by molar-refractivity contribution is 0.0352. The van der Waals surface area contributed by atoms with Crippen LogP contribution in [0, 0.1) is 0 Å². The first-order chi connectivity index (χ1) is 6.77. The first-order valence-corrected chi connectivity index (χ1v) is 5.85. The minimum absolute atomic E-state index is 0.140. The van der Waals surface area contributed by atoms with E-state index in [0.29, 0.717) is 19.8 Å². The van der Waals surface area contributed by atoms with Gasteiger partial charge in [0.05, 0.1) is 19.8 Å². The van der Waals surface area contributed by atoms with Gasteiger partial charge in [-0.2, -0.15) is 0 Å². The quantitative estimate of drug-likeness (QED) is 0.450. The van der Waals surface area contributed by atoms with Gasteiger partial charge in [-0.1, -0.05) is 13.3 Å². The second-order valence-electron chi connectivity index (χ2n) is 2.65. The number of hydrogen-bond donors (Lipinski definition) is 1. The van der Waals surface area contributed by atoms with E-state index < -0.39 is 8.25 Å². The van der Waals surface area contributed by atoms with Gasteiger partial charge in [0.25, 0.3) is 0 Å². The molecule has 0 heterocycles. The number of rotatable bonds is 10. The normalized spacial score (nSPS) is 11.7. The van der Waals surface area contributed by atoms with Crippen LogP contribution in [-0.4, -0.2) is 37.9 Å². The molecule has 14 heavy (non-hydrogen) atoms. The second kappa shape index (κ2) is 11.0. The third kappa shape index (κ3) is 11.9. The van der Waals surface area contributed by atoms with Gasteiger partial charge in [-0.05, 0) is 6.42 Å². The molecule has 0 rings (SSSR count). The predicted octanol–water partition coefficient (Wildman–Crippen LogP) is 1.49. The van der Waals surface area contributed by atoms with Crippen molar-refractivity contribution < 1.29 is 23.5 Å². The molecule has 0 aromatic rings. The minimum Gasteiger partial charge on any atom is -0.379 e. The van der Waals surface area contributed by atoms with Crippen LogP contribution in [0.5, 0.6) is 0 Å². The van der Waals surface area contributed by atoms with Crippen LogP contribution in [-0.2, 0) is 18.6 Å². The van der Waals surface area contributed by atoms with Crippen LogP contribution in [0.2, 0.25) is 0 Å². The minimum atomic E-state index is -2.49. The van der Waals surface area contributed by atoms with E-state index in [4.69, 9.17) is 14.4 Å². The van der Waals surface area contributed by atoms with Gasteiger partial charge >= 0.3 is 8.25 Å². The average molecular weight is 225 g/mol. The molecular weight excluding hydrogens is 207 g/mol. The highest BCUT2D eigenvalue weighted by Crippen LogP contribution is 2.12. The Bertz CT molecular complexity index is 142. The molecule has 0 aliphatic carbocycles. The van der Waals surface area contributed by atoms with E-state index in [1.54, 1.807) is 0 Å². The topological polar surface area (TPSA) is 65.0 Å². The zero-order valence-electron chi connectivity index (χ0n) is 8.48. The van der Waals surface area contributed by atoms with Gasteiger partial charge in [0, 0.05) is 11.2 Å². The lowest BCUT2D eigenvalue weighted by atomic mass is 10.4. The Morgan fingerprint density at radius 3 is 2.21 bits per heavy atom. The summed E-state index contributed by atoms with van der Waals surface area (Å²) in [6.07, 6.45) is 2.19. The summed E-state index contributed by atoms with van der Waals surface area (Å²) in [4.78, 5) is 8.26. The second-order valence-corrected chi connectivity index (χ2v) is 3.38. The fraction of sp³-hybridized carbons (Fsp3) is 1.00. The first-order valence-electron chi connectivity index (χ1n) is 4.72. The average Bonchev–Trinajstić information content (AvgIpc) is 2.15. The summed E-state index contributed by atoms with van der Waals surface area (Å²) in [7, 11) is -2.49. The molecule has 0 saturated heterocycles. The van der Waals surface area contributed by atoms with Crippen molar-refractivity contribution in [3.05, 3.63) is 0 Å². The highest BCUT2D eigenvalue weighted by Gasteiger charge is 2.09. The summed E-state index contributed by atoms with van der Waals surface area (Å²) < 4.78 is 24.7. The van der Waals surface area contributed by atoms with E-state index in [9.17, 15) is 4.57 Å². The van der Waals surface area contributed by atoms with E-state index >= 15 is 0 Å². The van der Waals surface area contributed by atoms with E-state index in [1.165, 1.54) is 0 Å². The Morgan fingerprint density at radius 2 is 1.64 bits per heavy atom. The Kier molecular flexibility index (Phi) is 11.0. The van der Waals surface area contributed by atoms with Crippen molar-refractivity contribution in [1.82, 2.24) is 0 Å². The Morgan fingerprint density at radius 1 is 1.07 bits per heavy atom. The Balaban J connectivity index is 2.88. The van der Waals surface area contributed by atoms with Crippen molar-refractivity contribution in [2.45, 2.75) is 19.8 Å². The van der Waals surface area contributed by atoms with Crippen LogP contribution in [0.15, 0.2) is 0 Å². The zero-order valence-corrected chi connectivity index (χ0v) is 9.37. The summed E-state index contributed by atoms with van der Waals surface area (Å²) in [6.45, 7) is 4.38. The third-order valence-corrected chi connectivity index (χ3v) is 1.85. The number of ether oxygens (including phenoxy) is 2. The molecule has 0 aromatic carbocycles. The summed E-state index contributed by atoms with van der Waals surface area (Å²) in [5.74, 6) is 0. The molecule has 1 N–H and O–H groups in total. The van der Waals surface area contributed by atoms with Gasteiger partial charge < -0.3 is 9.47 Å². The van der Waals surface area contributed by atoms with Gasteiger partial charge in [0.15, 0.2) is 0 Å². The van der Waals surface area contributed by atoms with Crippen LogP contribution in [0.3, 0.4) is 0 Å². The Hall–Kier alpha value is -0.0600. The Labute approximate surface area is 85.3 Å². The summed E-state index contributed by atoms with van der Waals surface area (Å²) in [5.41, 5.74) is 0. The lowest BCUT2D eigenvalue weighted by Gasteiger charge is -2.03. The number of hydrogen-bond acceptors (Lipinski definition) is 4. The molecule has 1 unspecified atom stereocenters. The monoisotopic (exact) mass is 225 g/mol. The van der Waals surface area contributed by atoms with Gasteiger partial charge in [0.1, 0.15) is 6.61 Å². The van der Waals surface area contributed by atoms with Crippen LogP contribution in [0.25, 0.3) is 0 Å². The van der Waals surface area contributed by atoms with E-state index in [-0.39, 0.29) is 6.61 Å². The fourth-order valence-electron chi connectivity index (χ4n) is 0.743. The molecule has 0 spiro atoms. The van der Waals surface area contributed by atoms with Crippen molar-refractivity contribution in [1.29, 1.82) is 0 Å². The fourth-order valence-corrected chi connectivity index (χ4v) is 0.973. The molecule has 0 aliphatic heterocycles. The molecule has 84 valence electrons. The standard InChI is InChI=1S/C8H17O5P/c1-2-3-4-11-5-6-12-7-8-13-14(9)10/h2-8H2,1H3/p+1. The van der Waals surface area contributed by atoms with Crippen molar-refractivity contribution in [2.24, 2.45) is 0 Å². The molecule has 0 aromatic heterocycles. The van der Waals surface area contributed by atoms with Gasteiger partial charge in [-0.15, -0.1) is 9.42 Å². The largest absolute Gasteiger partial charge is 0.694 e. The molecule has 0 aliphatic rings. The van der Waals surface area contributed by atoms with E-state index in [2.05, 4.69) is 11.4 Å². The molecule has 0 amide bonds. The zero-order chi connectivity index (χ0) is 10.6. The lowest BCUT2D eigenvalue weighted by Crippen LogP contribution is -2.08. The summed E-state index contributed by atoms with van der Waals surface area (Å²) in [5, 5.41) is 0. The molecule has 0 saturated carbocycles. The van der Waals surface area contributed by atoms with E-state index in [1.807, 2.05) is 0 Å². The molecule has 5 nitrogen and oxygen atoms in total. The maximum atomic E-state index is 10.1. The predicted molar refractivity (Wildman–Crippen MR) is 52.3 cm³/mol. The van der Waals surface area contributed by atoms with Gasteiger partial charge in [0.2, 0.25) is 0 Å². The summed E-state index contributed by atoms with van der Waals surface area (Å²) >= 11 is 0. The SMILES string of the molecule is CCCCOCCOCCO[P+](=O)O. The van der Waals surface area contributed by atoms with Crippen molar-refractivity contribution in [3.63, 3.8) is 0 Å². The number of unbranched alkanes of at least 4 members (excludes halogenated alkanes) is 1. The maximum Gasteiger partial charge on any atom is 0.694 e. The maximum absolute atomic E-state index is 10.1. The first kappa shape index (κ1) is 13.9. The smallest absolute Gasteiger partial charge is 0.379 e. The molecule has 0 radical (unpaired) electrons. The summed E-state index contributed by atoms with van der Waals surface area (Å²) in [6, 6.07) is 0. The molecule has 0 fully saturated rings. The molecule has 6 heteroatoms. The highest BCUT2D eigenvalue weighted by atomic mass is 31.1. The molecule has 0 bridgehead atoms. The van der Waals surface area contributed by atoms with Crippen molar-refractivity contribution in [2.75, 3.05) is 33.0 Å². The van der Waals surface area contributed by atoms with Gasteiger partial charge in [-0.3, -0.25) is 0 Å². The van der Waals surface area contributed by atoms with Crippen LogP contribution in [0.1, 0.15) is 19.8 Å². The van der Waals surface area contributed by atoms with Crippen LogP contribution in [0.4, 0.5) is 0 Å². The van der Waals surface area contributed by atoms with Crippen molar-refractivity contribution in [3.8, 4) is 0 Å². The molecular formula is C8H18O5P+. The van der Waals surface area contributed by atoms with Crippen LogP contribution < -0.4 is 0 Å².